The predicted octanol–water partition coefficient (Wildman–Crippen LogP) is 1.96. The Morgan fingerprint density at radius 3 is 2.64 bits per heavy atom. The molecule has 0 radical (unpaired) electrons. The van der Waals surface area contributed by atoms with Crippen LogP contribution in [0.25, 0.3) is 0 Å². The highest BCUT2D eigenvalue weighted by Gasteiger charge is 2.01. The fraction of sp³-hybridized carbons (Fsp3) is 0.250. The van der Waals surface area contributed by atoms with Crippen LogP contribution in [0, 0.1) is 0 Å². The van der Waals surface area contributed by atoms with Crippen molar-refractivity contribution in [3.8, 4) is 5.75 Å². The molecule has 0 aliphatic heterocycles. The zero-order valence-corrected chi connectivity index (χ0v) is 6.25. The van der Waals surface area contributed by atoms with Crippen molar-refractivity contribution < 1.29 is 9.13 Å². The number of hydrogen-bond acceptors (Lipinski definition) is 2. The number of hydrogen-bond donors (Lipinski definition) is 1. The lowest BCUT2D eigenvalue weighted by Crippen LogP contribution is -2.05. The molecule has 2 N–H and O–H groups in total. The van der Waals surface area contributed by atoms with Crippen LogP contribution in [0.2, 0.25) is 0 Å². The van der Waals surface area contributed by atoms with Crippen LogP contribution in [-0.2, 0) is 0 Å². The third kappa shape index (κ3) is 2.11. The third-order valence-corrected chi connectivity index (χ3v) is 1.21. The maximum Gasteiger partial charge on any atom is 0.235 e. The maximum absolute atomic E-state index is 12.3. The first-order valence-electron chi connectivity index (χ1n) is 3.35. The highest BCUT2D eigenvalue weighted by Crippen LogP contribution is 2.20. The van der Waals surface area contributed by atoms with E-state index in [1.54, 1.807) is 24.3 Å². The van der Waals surface area contributed by atoms with Gasteiger partial charge in [0.25, 0.3) is 0 Å². The van der Waals surface area contributed by atoms with Crippen molar-refractivity contribution in [2.24, 2.45) is 0 Å². The molecule has 0 spiro atoms. The fourth-order valence-corrected chi connectivity index (χ4v) is 0.763. The Labute approximate surface area is 64.8 Å². The maximum atomic E-state index is 12.3. The van der Waals surface area contributed by atoms with Gasteiger partial charge in [-0.15, -0.1) is 0 Å². The van der Waals surface area contributed by atoms with E-state index >= 15 is 0 Å². The summed E-state index contributed by atoms with van der Waals surface area (Å²) in [7, 11) is 0. The predicted molar refractivity (Wildman–Crippen MR) is 42.1 cm³/mol. The van der Waals surface area contributed by atoms with E-state index < -0.39 is 6.36 Å². The fourth-order valence-electron chi connectivity index (χ4n) is 0.763. The second kappa shape index (κ2) is 3.23. The van der Waals surface area contributed by atoms with Gasteiger partial charge in [0, 0.05) is 6.92 Å². The minimum Gasteiger partial charge on any atom is -0.459 e. The molecule has 0 amide bonds. The minimum absolute atomic E-state index is 0.391. The Morgan fingerprint density at radius 1 is 1.45 bits per heavy atom. The number of nitrogen functional groups attached to an aromatic ring is 1. The SMILES string of the molecule is CC(F)Oc1ccccc1N. The molecule has 0 fully saturated rings. The van der Waals surface area contributed by atoms with Crippen molar-refractivity contribution in [1.29, 1.82) is 0 Å². The number of nitrogens with two attached hydrogens (primary N) is 1. The van der Waals surface area contributed by atoms with Crippen LogP contribution in [0.5, 0.6) is 5.75 Å². The van der Waals surface area contributed by atoms with Gasteiger partial charge in [0.15, 0.2) is 0 Å². The first-order valence-corrected chi connectivity index (χ1v) is 3.35. The molecule has 3 heteroatoms. The van der Waals surface area contributed by atoms with E-state index in [0.717, 1.165) is 0 Å². The van der Waals surface area contributed by atoms with E-state index in [1.807, 2.05) is 0 Å². The van der Waals surface area contributed by atoms with Gasteiger partial charge in [0.05, 0.1) is 5.69 Å². The van der Waals surface area contributed by atoms with E-state index in [-0.39, 0.29) is 0 Å². The minimum atomic E-state index is -1.32. The van der Waals surface area contributed by atoms with E-state index in [4.69, 9.17) is 10.5 Å². The monoisotopic (exact) mass is 155 g/mol. The molecule has 0 saturated heterocycles. The van der Waals surface area contributed by atoms with Crippen LogP contribution in [0.15, 0.2) is 24.3 Å². The average molecular weight is 155 g/mol. The molecule has 1 aromatic rings. The van der Waals surface area contributed by atoms with Gasteiger partial charge < -0.3 is 10.5 Å². The van der Waals surface area contributed by atoms with Gasteiger partial charge in [-0.1, -0.05) is 12.1 Å². The standard InChI is InChI=1S/C8H10FNO/c1-6(9)11-8-5-3-2-4-7(8)10/h2-6H,10H2,1H3. The van der Waals surface area contributed by atoms with Crippen molar-refractivity contribution in [2.45, 2.75) is 13.3 Å². The van der Waals surface area contributed by atoms with E-state index in [1.165, 1.54) is 6.92 Å². The van der Waals surface area contributed by atoms with Crippen LogP contribution in [0.3, 0.4) is 0 Å². The Balaban J connectivity index is 2.78. The van der Waals surface area contributed by atoms with Gasteiger partial charge in [-0.25, -0.2) is 4.39 Å². The summed E-state index contributed by atoms with van der Waals surface area (Å²) in [5, 5.41) is 0. The lowest BCUT2D eigenvalue weighted by molar-refractivity contribution is 0.0869. The van der Waals surface area contributed by atoms with Crippen molar-refractivity contribution in [1.82, 2.24) is 0 Å². The third-order valence-electron chi connectivity index (χ3n) is 1.21. The Hall–Kier alpha value is -1.25. The normalized spacial score (nSPS) is 12.5. The summed E-state index contributed by atoms with van der Waals surface area (Å²) in [6.45, 7) is 1.31. The zero-order chi connectivity index (χ0) is 8.27. The van der Waals surface area contributed by atoms with Gasteiger partial charge >= 0.3 is 0 Å². The van der Waals surface area contributed by atoms with Crippen molar-refractivity contribution in [3.63, 3.8) is 0 Å². The molecular weight excluding hydrogens is 145 g/mol. The summed E-state index contributed by atoms with van der Waals surface area (Å²) in [5.41, 5.74) is 5.93. The van der Waals surface area contributed by atoms with Crippen LogP contribution in [0.1, 0.15) is 6.92 Å². The number of rotatable bonds is 2. The zero-order valence-electron chi connectivity index (χ0n) is 6.25. The summed E-state index contributed by atoms with van der Waals surface area (Å²) < 4.78 is 17.0. The first-order chi connectivity index (χ1) is 5.20. The molecule has 0 heterocycles. The summed E-state index contributed by atoms with van der Waals surface area (Å²) in [4.78, 5) is 0. The molecule has 11 heavy (non-hydrogen) atoms. The lowest BCUT2D eigenvalue weighted by Gasteiger charge is -2.08. The number of benzene rings is 1. The Kier molecular flexibility index (Phi) is 2.31. The second-order valence-corrected chi connectivity index (χ2v) is 2.20. The van der Waals surface area contributed by atoms with Crippen LogP contribution >= 0.6 is 0 Å². The number of para-hydroxylation sites is 2. The molecule has 1 unspecified atom stereocenters. The molecule has 0 aliphatic carbocycles. The lowest BCUT2D eigenvalue weighted by atomic mass is 10.3. The molecule has 1 rings (SSSR count). The number of halogens is 1. The highest BCUT2D eigenvalue weighted by atomic mass is 19.1. The van der Waals surface area contributed by atoms with Gasteiger partial charge in [-0.2, -0.15) is 0 Å². The average Bonchev–Trinajstić information content (AvgIpc) is 1.93. The number of ether oxygens (including phenoxy) is 1. The molecule has 0 aliphatic rings. The van der Waals surface area contributed by atoms with Crippen LogP contribution in [0.4, 0.5) is 10.1 Å². The summed E-state index contributed by atoms with van der Waals surface area (Å²) in [6.07, 6.45) is -1.32. The summed E-state index contributed by atoms with van der Waals surface area (Å²) >= 11 is 0. The Bertz CT molecular complexity index is 237. The van der Waals surface area contributed by atoms with E-state index in [2.05, 4.69) is 0 Å². The second-order valence-electron chi connectivity index (χ2n) is 2.20. The highest BCUT2D eigenvalue weighted by molar-refractivity contribution is 5.51. The van der Waals surface area contributed by atoms with Crippen molar-refractivity contribution in [2.75, 3.05) is 5.73 Å². The van der Waals surface area contributed by atoms with Gasteiger partial charge in [0.2, 0.25) is 6.36 Å². The Morgan fingerprint density at radius 2 is 2.09 bits per heavy atom. The molecule has 0 saturated carbocycles. The molecular formula is C8H10FNO. The summed E-state index contributed by atoms with van der Waals surface area (Å²) in [6, 6.07) is 6.81. The summed E-state index contributed by atoms with van der Waals surface area (Å²) in [5.74, 6) is 0.391. The van der Waals surface area contributed by atoms with Crippen molar-refractivity contribution in [3.05, 3.63) is 24.3 Å². The smallest absolute Gasteiger partial charge is 0.235 e. The van der Waals surface area contributed by atoms with Crippen LogP contribution in [-0.4, -0.2) is 6.36 Å². The first kappa shape index (κ1) is 7.85. The molecule has 0 bridgehead atoms. The number of anilines is 1. The number of alkyl halides is 1. The molecule has 0 aromatic heterocycles. The molecule has 1 atom stereocenters. The quantitative estimate of drug-likeness (QED) is 0.662. The van der Waals surface area contributed by atoms with Gasteiger partial charge in [-0.05, 0) is 12.1 Å². The topological polar surface area (TPSA) is 35.2 Å². The van der Waals surface area contributed by atoms with Crippen molar-refractivity contribution >= 4 is 5.69 Å². The molecule has 2 nitrogen and oxygen atoms in total. The molecule has 60 valence electrons. The van der Waals surface area contributed by atoms with Crippen LogP contribution < -0.4 is 10.5 Å². The largest absolute Gasteiger partial charge is 0.459 e. The van der Waals surface area contributed by atoms with Gasteiger partial charge in [0.1, 0.15) is 5.75 Å². The molecule has 1 aromatic carbocycles. The van der Waals surface area contributed by atoms with Gasteiger partial charge in [-0.3, -0.25) is 0 Å². The van der Waals surface area contributed by atoms with E-state index in [9.17, 15) is 4.39 Å². The van der Waals surface area contributed by atoms with E-state index in [0.29, 0.717) is 11.4 Å².